The summed E-state index contributed by atoms with van der Waals surface area (Å²) in [4.78, 5) is 35.2. The highest BCUT2D eigenvalue weighted by molar-refractivity contribution is 5.91. The van der Waals surface area contributed by atoms with Gasteiger partial charge in [0, 0.05) is 13.5 Å². The van der Waals surface area contributed by atoms with Crippen LogP contribution in [0.5, 0.6) is 5.75 Å². The molecule has 0 bridgehead atoms. The summed E-state index contributed by atoms with van der Waals surface area (Å²) in [6.07, 6.45) is 3.97. The summed E-state index contributed by atoms with van der Waals surface area (Å²) >= 11 is 0. The summed E-state index contributed by atoms with van der Waals surface area (Å²) in [6.45, 7) is 1.59. The molecule has 2 amide bonds. The quantitative estimate of drug-likeness (QED) is 0.696. The fraction of sp³-hybridized carbons (Fsp3) is 0.500. The summed E-state index contributed by atoms with van der Waals surface area (Å²) in [5.41, 5.74) is 0.697. The van der Waals surface area contributed by atoms with Crippen molar-refractivity contribution in [2.75, 3.05) is 7.11 Å². The zero-order valence-corrected chi connectivity index (χ0v) is 14.5. The highest BCUT2D eigenvalue weighted by atomic mass is 16.5. The van der Waals surface area contributed by atoms with Gasteiger partial charge < -0.3 is 20.5 Å². The Labute approximate surface area is 146 Å². The number of rotatable bonds is 7. The first kappa shape index (κ1) is 18.8. The van der Waals surface area contributed by atoms with E-state index in [4.69, 9.17) is 4.74 Å². The number of amides is 2. The van der Waals surface area contributed by atoms with Gasteiger partial charge in [-0.15, -0.1) is 0 Å². The molecule has 0 saturated heterocycles. The zero-order valence-electron chi connectivity index (χ0n) is 14.5. The lowest BCUT2D eigenvalue weighted by Crippen LogP contribution is -2.49. The van der Waals surface area contributed by atoms with Crippen LogP contribution in [0.2, 0.25) is 0 Å². The van der Waals surface area contributed by atoms with E-state index in [1.807, 2.05) is 0 Å². The first-order valence-electron chi connectivity index (χ1n) is 8.37. The third kappa shape index (κ3) is 4.95. The molecule has 2 rings (SSSR count). The van der Waals surface area contributed by atoms with Crippen molar-refractivity contribution in [3.63, 3.8) is 0 Å². The van der Waals surface area contributed by atoms with E-state index in [0.29, 0.717) is 5.56 Å². The molecule has 0 heterocycles. The molecule has 25 heavy (non-hydrogen) atoms. The van der Waals surface area contributed by atoms with Crippen LogP contribution in [0, 0.1) is 5.92 Å². The van der Waals surface area contributed by atoms with E-state index < -0.39 is 12.0 Å². The molecule has 1 aromatic carbocycles. The van der Waals surface area contributed by atoms with Crippen molar-refractivity contribution >= 4 is 17.8 Å². The number of carboxylic acid groups (broad SMARTS) is 1. The minimum absolute atomic E-state index is 0.0449. The van der Waals surface area contributed by atoms with Crippen molar-refractivity contribution in [2.24, 2.45) is 5.92 Å². The number of hydrogen-bond acceptors (Lipinski definition) is 4. The van der Waals surface area contributed by atoms with E-state index in [0.717, 1.165) is 25.7 Å². The Morgan fingerprint density at radius 3 is 2.52 bits per heavy atom. The molecule has 0 aliphatic heterocycles. The first-order chi connectivity index (χ1) is 11.9. The second-order valence-corrected chi connectivity index (χ2v) is 6.28. The molecular weight excluding hydrogens is 324 g/mol. The number of benzene rings is 1. The van der Waals surface area contributed by atoms with Gasteiger partial charge in [-0.05, 0) is 36.5 Å². The SMILES string of the molecule is COc1ccc(CNC(=O)C(NC(C)=O)C2CCCC2)cc1C(=O)O. The van der Waals surface area contributed by atoms with Crippen LogP contribution in [-0.4, -0.2) is 36.0 Å². The predicted molar refractivity (Wildman–Crippen MR) is 91.4 cm³/mol. The molecule has 0 aromatic heterocycles. The maximum atomic E-state index is 12.5. The van der Waals surface area contributed by atoms with Gasteiger partial charge in [0.05, 0.1) is 7.11 Å². The molecule has 1 fully saturated rings. The van der Waals surface area contributed by atoms with Crippen molar-refractivity contribution in [3.8, 4) is 5.75 Å². The fourth-order valence-electron chi connectivity index (χ4n) is 3.24. The fourth-order valence-corrected chi connectivity index (χ4v) is 3.24. The second kappa shape index (κ2) is 8.50. The highest BCUT2D eigenvalue weighted by Gasteiger charge is 2.31. The topological polar surface area (TPSA) is 105 Å². The third-order valence-corrected chi connectivity index (χ3v) is 4.47. The molecule has 1 aromatic rings. The van der Waals surface area contributed by atoms with E-state index >= 15 is 0 Å². The summed E-state index contributed by atoms with van der Waals surface area (Å²) < 4.78 is 5.02. The normalized spacial score (nSPS) is 15.4. The van der Waals surface area contributed by atoms with Crippen LogP contribution in [0.4, 0.5) is 0 Å². The summed E-state index contributed by atoms with van der Waals surface area (Å²) in [5.74, 6) is -1.15. The Morgan fingerprint density at radius 2 is 1.96 bits per heavy atom. The van der Waals surface area contributed by atoms with Crippen molar-refractivity contribution in [1.82, 2.24) is 10.6 Å². The maximum Gasteiger partial charge on any atom is 0.339 e. The van der Waals surface area contributed by atoms with Crippen molar-refractivity contribution in [1.29, 1.82) is 0 Å². The number of carbonyl (C=O) groups is 3. The van der Waals surface area contributed by atoms with Gasteiger partial charge in [-0.2, -0.15) is 0 Å². The van der Waals surface area contributed by atoms with Gasteiger partial charge in [0.2, 0.25) is 11.8 Å². The highest BCUT2D eigenvalue weighted by Crippen LogP contribution is 2.28. The van der Waals surface area contributed by atoms with E-state index in [-0.39, 0.29) is 35.6 Å². The molecule has 1 aliphatic rings. The molecule has 1 saturated carbocycles. The number of hydrogen-bond donors (Lipinski definition) is 3. The van der Waals surface area contributed by atoms with Crippen LogP contribution in [0.3, 0.4) is 0 Å². The summed E-state index contributed by atoms with van der Waals surface area (Å²) in [6, 6.07) is 4.20. The van der Waals surface area contributed by atoms with Gasteiger partial charge in [0.25, 0.3) is 0 Å². The molecule has 3 N–H and O–H groups in total. The number of carbonyl (C=O) groups excluding carboxylic acids is 2. The van der Waals surface area contributed by atoms with Gasteiger partial charge in [0.1, 0.15) is 17.4 Å². The van der Waals surface area contributed by atoms with Gasteiger partial charge in [-0.25, -0.2) is 4.79 Å². The molecule has 7 heteroatoms. The number of carboxylic acids is 1. The van der Waals surface area contributed by atoms with Gasteiger partial charge in [-0.3, -0.25) is 9.59 Å². The Kier molecular flexibility index (Phi) is 6.38. The van der Waals surface area contributed by atoms with Crippen molar-refractivity contribution in [3.05, 3.63) is 29.3 Å². The average molecular weight is 348 g/mol. The summed E-state index contributed by atoms with van der Waals surface area (Å²) in [7, 11) is 1.41. The smallest absolute Gasteiger partial charge is 0.339 e. The van der Waals surface area contributed by atoms with Gasteiger partial charge >= 0.3 is 5.97 Å². The molecule has 7 nitrogen and oxygen atoms in total. The first-order valence-corrected chi connectivity index (χ1v) is 8.37. The molecular formula is C18H24N2O5. The Balaban J connectivity index is 2.05. The number of nitrogens with one attached hydrogen (secondary N) is 2. The lowest BCUT2D eigenvalue weighted by Gasteiger charge is -2.23. The average Bonchev–Trinajstić information content (AvgIpc) is 3.11. The number of ether oxygens (including phenoxy) is 1. The Bertz CT molecular complexity index is 653. The van der Waals surface area contributed by atoms with E-state index in [2.05, 4.69) is 10.6 Å². The second-order valence-electron chi connectivity index (χ2n) is 6.28. The Hall–Kier alpha value is -2.57. The number of methoxy groups -OCH3 is 1. The maximum absolute atomic E-state index is 12.5. The molecule has 1 unspecified atom stereocenters. The predicted octanol–water partition coefficient (Wildman–Crippen LogP) is 1.70. The molecule has 0 spiro atoms. The van der Waals surface area contributed by atoms with Crippen LogP contribution in [0.1, 0.15) is 48.5 Å². The van der Waals surface area contributed by atoms with Crippen molar-refractivity contribution in [2.45, 2.75) is 45.2 Å². The van der Waals surface area contributed by atoms with E-state index in [9.17, 15) is 19.5 Å². The minimum Gasteiger partial charge on any atom is -0.496 e. The van der Waals surface area contributed by atoms with Gasteiger partial charge in [0.15, 0.2) is 0 Å². The van der Waals surface area contributed by atoms with Crippen molar-refractivity contribution < 1.29 is 24.2 Å². The monoisotopic (exact) mass is 348 g/mol. The Morgan fingerprint density at radius 1 is 1.28 bits per heavy atom. The molecule has 1 atom stereocenters. The van der Waals surface area contributed by atoms with E-state index in [1.165, 1.54) is 20.1 Å². The number of aromatic carboxylic acids is 1. The van der Waals surface area contributed by atoms with Crippen LogP contribution in [0.15, 0.2) is 18.2 Å². The third-order valence-electron chi connectivity index (χ3n) is 4.47. The van der Waals surface area contributed by atoms with Crippen LogP contribution in [0.25, 0.3) is 0 Å². The van der Waals surface area contributed by atoms with Gasteiger partial charge in [-0.1, -0.05) is 18.9 Å². The summed E-state index contributed by atoms with van der Waals surface area (Å²) in [5, 5.41) is 14.8. The van der Waals surface area contributed by atoms with Crippen LogP contribution in [-0.2, 0) is 16.1 Å². The minimum atomic E-state index is -1.09. The molecule has 0 radical (unpaired) electrons. The standard InChI is InChI=1S/C18H24N2O5/c1-11(21)20-16(13-5-3-4-6-13)17(22)19-10-12-7-8-15(25-2)14(9-12)18(23)24/h7-9,13,16H,3-6,10H2,1-2H3,(H,19,22)(H,20,21)(H,23,24). The largest absolute Gasteiger partial charge is 0.496 e. The van der Waals surface area contributed by atoms with Crippen LogP contribution < -0.4 is 15.4 Å². The molecule has 136 valence electrons. The lowest BCUT2D eigenvalue weighted by molar-refractivity contribution is -0.129. The molecule has 1 aliphatic carbocycles. The van der Waals surface area contributed by atoms with E-state index in [1.54, 1.807) is 12.1 Å². The van der Waals surface area contributed by atoms with Crippen LogP contribution >= 0.6 is 0 Å². The lowest BCUT2D eigenvalue weighted by atomic mass is 9.97. The zero-order chi connectivity index (χ0) is 18.4.